The minimum absolute atomic E-state index is 0.201. The topological polar surface area (TPSA) is 24.1 Å². The molecule has 0 saturated carbocycles. The van der Waals surface area contributed by atoms with E-state index in [2.05, 4.69) is 45.3 Å². The second-order valence-corrected chi connectivity index (χ2v) is 4.26. The van der Waals surface area contributed by atoms with Gasteiger partial charge in [0.2, 0.25) is 0 Å². The smallest absolute Gasteiger partial charge is 0.0551 e. The van der Waals surface area contributed by atoms with Crippen molar-refractivity contribution in [1.82, 2.24) is 10.6 Å². The largest absolute Gasteiger partial charge is 0.295 e. The quantitative estimate of drug-likeness (QED) is 0.529. The molecule has 0 amide bonds. The monoisotopic (exact) mass is 142 g/mol. The Labute approximate surface area is 63.4 Å². The van der Waals surface area contributed by atoms with Crippen LogP contribution in [0.1, 0.15) is 34.6 Å². The number of hydrogen-bond donors (Lipinski definition) is 2. The Morgan fingerprint density at radius 3 is 1.30 bits per heavy atom. The van der Waals surface area contributed by atoms with Crippen LogP contribution in [0.3, 0.4) is 0 Å². The lowest BCUT2D eigenvalue weighted by Crippen LogP contribution is -2.51. The van der Waals surface area contributed by atoms with Gasteiger partial charge in [0.05, 0.1) is 6.17 Å². The molecule has 0 radical (unpaired) electrons. The van der Waals surface area contributed by atoms with Gasteiger partial charge in [-0.1, -0.05) is 0 Å². The summed E-state index contributed by atoms with van der Waals surface area (Å²) < 4.78 is 0. The summed E-state index contributed by atoms with van der Waals surface area (Å²) in [5, 5.41) is 6.94. The lowest BCUT2D eigenvalue weighted by Gasteiger charge is -2.33. The lowest BCUT2D eigenvalue weighted by atomic mass is 9.85. The van der Waals surface area contributed by atoms with Gasteiger partial charge in [0.15, 0.2) is 0 Å². The van der Waals surface area contributed by atoms with Crippen LogP contribution >= 0.6 is 0 Å². The van der Waals surface area contributed by atoms with Gasteiger partial charge < -0.3 is 0 Å². The first-order valence-corrected chi connectivity index (χ1v) is 3.90. The van der Waals surface area contributed by atoms with Gasteiger partial charge in [0.1, 0.15) is 0 Å². The van der Waals surface area contributed by atoms with Gasteiger partial charge in [-0.25, -0.2) is 0 Å². The third-order valence-corrected chi connectivity index (χ3v) is 2.72. The van der Waals surface area contributed by atoms with Crippen LogP contribution in [0.25, 0.3) is 0 Å². The van der Waals surface area contributed by atoms with E-state index in [0.29, 0.717) is 6.17 Å². The lowest BCUT2D eigenvalue weighted by molar-refractivity contribution is 0.295. The van der Waals surface area contributed by atoms with Gasteiger partial charge in [-0.15, -0.1) is 0 Å². The van der Waals surface area contributed by atoms with E-state index in [-0.39, 0.29) is 11.1 Å². The zero-order valence-corrected chi connectivity index (χ0v) is 7.58. The molecule has 0 atom stereocenters. The highest BCUT2D eigenvalue weighted by atomic mass is 15.3. The normalized spacial score (nSPS) is 30.9. The van der Waals surface area contributed by atoms with Crippen molar-refractivity contribution in [3.63, 3.8) is 0 Å². The molecule has 1 saturated heterocycles. The third-order valence-electron chi connectivity index (χ3n) is 2.72. The molecular formula is C8H18N2. The van der Waals surface area contributed by atoms with Crippen LogP contribution in [-0.4, -0.2) is 17.2 Å². The first-order chi connectivity index (χ1) is 4.35. The predicted octanol–water partition coefficient (Wildman–Crippen LogP) is 1.08. The SMILES string of the molecule is CC1NC(C)(C)C(C)(C)N1. The van der Waals surface area contributed by atoms with Gasteiger partial charge in [-0.05, 0) is 34.6 Å². The minimum atomic E-state index is 0.201. The number of rotatable bonds is 0. The molecule has 0 aromatic heterocycles. The highest BCUT2D eigenvalue weighted by molar-refractivity contribution is 5.06. The van der Waals surface area contributed by atoms with Crippen LogP contribution in [0.2, 0.25) is 0 Å². The van der Waals surface area contributed by atoms with E-state index >= 15 is 0 Å². The third kappa shape index (κ3) is 1.06. The van der Waals surface area contributed by atoms with E-state index in [9.17, 15) is 0 Å². The fourth-order valence-corrected chi connectivity index (χ4v) is 1.48. The average molecular weight is 142 g/mol. The zero-order valence-electron chi connectivity index (χ0n) is 7.58. The Hall–Kier alpha value is -0.0800. The van der Waals surface area contributed by atoms with Gasteiger partial charge in [-0.2, -0.15) is 0 Å². The second kappa shape index (κ2) is 1.95. The number of hydrogen-bond acceptors (Lipinski definition) is 2. The summed E-state index contributed by atoms with van der Waals surface area (Å²) in [4.78, 5) is 0. The molecule has 1 rings (SSSR count). The molecule has 0 aromatic carbocycles. The minimum Gasteiger partial charge on any atom is -0.295 e. The van der Waals surface area contributed by atoms with E-state index in [1.54, 1.807) is 0 Å². The Balaban J connectivity index is 2.78. The molecule has 2 heteroatoms. The molecule has 10 heavy (non-hydrogen) atoms. The summed E-state index contributed by atoms with van der Waals surface area (Å²) >= 11 is 0. The molecular weight excluding hydrogens is 124 g/mol. The Morgan fingerprint density at radius 1 is 0.900 bits per heavy atom. The molecule has 1 heterocycles. The van der Waals surface area contributed by atoms with Crippen LogP contribution in [-0.2, 0) is 0 Å². The second-order valence-electron chi connectivity index (χ2n) is 4.26. The maximum absolute atomic E-state index is 3.47. The molecule has 60 valence electrons. The van der Waals surface area contributed by atoms with E-state index in [1.807, 2.05) is 0 Å². The van der Waals surface area contributed by atoms with Crippen LogP contribution in [0.5, 0.6) is 0 Å². The average Bonchev–Trinajstić information content (AvgIpc) is 1.73. The molecule has 0 unspecified atom stereocenters. The maximum atomic E-state index is 3.47. The molecule has 0 spiro atoms. The Kier molecular flexibility index (Phi) is 1.57. The van der Waals surface area contributed by atoms with Crippen molar-refractivity contribution >= 4 is 0 Å². The van der Waals surface area contributed by atoms with Crippen molar-refractivity contribution in [1.29, 1.82) is 0 Å². The summed E-state index contributed by atoms with van der Waals surface area (Å²) in [6.07, 6.45) is 0.435. The first kappa shape index (κ1) is 8.02. The molecule has 2 nitrogen and oxygen atoms in total. The van der Waals surface area contributed by atoms with Crippen LogP contribution < -0.4 is 10.6 Å². The van der Waals surface area contributed by atoms with Gasteiger partial charge >= 0.3 is 0 Å². The summed E-state index contributed by atoms with van der Waals surface area (Å²) in [5.41, 5.74) is 0.402. The Morgan fingerprint density at radius 2 is 1.20 bits per heavy atom. The molecule has 1 aliphatic rings. The van der Waals surface area contributed by atoms with E-state index in [4.69, 9.17) is 0 Å². The van der Waals surface area contributed by atoms with Crippen LogP contribution in [0.4, 0.5) is 0 Å². The van der Waals surface area contributed by atoms with Crippen molar-refractivity contribution < 1.29 is 0 Å². The Bertz CT molecular complexity index is 122. The standard InChI is InChI=1S/C8H18N2/c1-6-9-7(2,3)8(4,5)10-6/h6,9-10H,1-5H3. The van der Waals surface area contributed by atoms with Crippen LogP contribution in [0.15, 0.2) is 0 Å². The summed E-state index contributed by atoms with van der Waals surface area (Å²) in [6, 6.07) is 0. The van der Waals surface area contributed by atoms with Crippen molar-refractivity contribution in [3.05, 3.63) is 0 Å². The van der Waals surface area contributed by atoms with E-state index in [1.165, 1.54) is 0 Å². The molecule has 0 aliphatic carbocycles. The number of nitrogens with one attached hydrogen (secondary N) is 2. The van der Waals surface area contributed by atoms with Crippen LogP contribution in [0, 0.1) is 0 Å². The van der Waals surface area contributed by atoms with E-state index in [0.717, 1.165) is 0 Å². The highest BCUT2D eigenvalue weighted by Gasteiger charge is 2.43. The van der Waals surface area contributed by atoms with E-state index < -0.39 is 0 Å². The molecule has 0 aromatic rings. The summed E-state index contributed by atoms with van der Waals surface area (Å²) in [7, 11) is 0. The van der Waals surface area contributed by atoms with Crippen molar-refractivity contribution in [3.8, 4) is 0 Å². The van der Waals surface area contributed by atoms with Crippen molar-refractivity contribution in [2.75, 3.05) is 0 Å². The van der Waals surface area contributed by atoms with Gasteiger partial charge in [-0.3, -0.25) is 10.6 Å². The van der Waals surface area contributed by atoms with Gasteiger partial charge in [0.25, 0.3) is 0 Å². The molecule has 1 fully saturated rings. The van der Waals surface area contributed by atoms with Crippen molar-refractivity contribution in [2.24, 2.45) is 0 Å². The predicted molar refractivity (Wildman–Crippen MR) is 43.9 cm³/mol. The first-order valence-electron chi connectivity index (χ1n) is 3.90. The van der Waals surface area contributed by atoms with Crippen molar-refractivity contribution in [2.45, 2.75) is 51.9 Å². The molecule has 2 N–H and O–H groups in total. The molecule has 0 bridgehead atoms. The molecule has 1 aliphatic heterocycles. The maximum Gasteiger partial charge on any atom is 0.0551 e. The van der Waals surface area contributed by atoms with Gasteiger partial charge in [0, 0.05) is 11.1 Å². The summed E-state index contributed by atoms with van der Waals surface area (Å²) in [5.74, 6) is 0. The fourth-order valence-electron chi connectivity index (χ4n) is 1.48. The highest BCUT2D eigenvalue weighted by Crippen LogP contribution is 2.26. The zero-order chi connectivity index (χ0) is 7.99. The fraction of sp³-hybridized carbons (Fsp3) is 1.00. The summed E-state index contributed by atoms with van der Waals surface area (Å²) in [6.45, 7) is 11.1.